The summed E-state index contributed by atoms with van der Waals surface area (Å²) >= 11 is 2.10. The van der Waals surface area contributed by atoms with E-state index < -0.39 is 0 Å². The predicted molar refractivity (Wildman–Crippen MR) is 75.9 cm³/mol. The van der Waals surface area contributed by atoms with Crippen LogP contribution in [0.25, 0.3) is 0 Å². The lowest BCUT2D eigenvalue weighted by Gasteiger charge is -2.54. The highest BCUT2D eigenvalue weighted by molar-refractivity contribution is 8.00. The standard InChI is InChI=1S/C15H25NOS/c1-2-18-14(8-16-1)9-17-15-12-4-10-3-11(6-12)7-13(15)5-10/h10-16H,1-9H2. The van der Waals surface area contributed by atoms with E-state index in [1.807, 2.05) is 0 Å². The van der Waals surface area contributed by atoms with Gasteiger partial charge in [-0.1, -0.05) is 0 Å². The first-order chi connectivity index (χ1) is 8.88. The van der Waals surface area contributed by atoms with Crippen LogP contribution in [0.5, 0.6) is 0 Å². The highest BCUT2D eigenvalue weighted by atomic mass is 32.2. The summed E-state index contributed by atoms with van der Waals surface area (Å²) in [5, 5.41) is 4.19. The molecule has 3 heteroatoms. The first kappa shape index (κ1) is 12.0. The lowest BCUT2D eigenvalue weighted by Crippen LogP contribution is -2.50. The second-order valence-corrected chi connectivity index (χ2v) is 8.33. The summed E-state index contributed by atoms with van der Waals surface area (Å²) in [5.41, 5.74) is 0. The quantitative estimate of drug-likeness (QED) is 0.849. The number of rotatable bonds is 3. The van der Waals surface area contributed by atoms with Gasteiger partial charge in [-0.3, -0.25) is 0 Å². The van der Waals surface area contributed by atoms with Crippen LogP contribution in [-0.4, -0.2) is 36.8 Å². The van der Waals surface area contributed by atoms with Crippen molar-refractivity contribution in [3.63, 3.8) is 0 Å². The third kappa shape index (κ3) is 2.23. The Hall–Kier alpha value is 0.270. The van der Waals surface area contributed by atoms with E-state index in [0.717, 1.165) is 36.8 Å². The topological polar surface area (TPSA) is 21.3 Å². The maximum atomic E-state index is 6.40. The summed E-state index contributed by atoms with van der Waals surface area (Å²) in [7, 11) is 0. The fourth-order valence-corrected chi connectivity index (χ4v) is 6.10. The molecule has 102 valence electrons. The third-order valence-electron chi connectivity index (χ3n) is 5.62. The van der Waals surface area contributed by atoms with Gasteiger partial charge in [-0.15, -0.1) is 0 Å². The van der Waals surface area contributed by atoms with Crippen LogP contribution in [0.3, 0.4) is 0 Å². The first-order valence-electron chi connectivity index (χ1n) is 7.82. The highest BCUT2D eigenvalue weighted by Crippen LogP contribution is 2.54. The SMILES string of the molecule is C1CSC(COC2C3CC4CC(C3)CC2C4)CN1. The minimum atomic E-state index is 0.625. The van der Waals surface area contributed by atoms with Gasteiger partial charge in [0.2, 0.25) is 0 Å². The second-order valence-electron chi connectivity index (χ2n) is 6.93. The molecule has 5 fully saturated rings. The molecule has 1 aliphatic heterocycles. The Morgan fingerprint density at radius 3 is 2.33 bits per heavy atom. The maximum absolute atomic E-state index is 6.40. The molecular formula is C15H25NOS. The molecule has 1 N–H and O–H groups in total. The van der Waals surface area contributed by atoms with Crippen LogP contribution in [-0.2, 0) is 4.74 Å². The molecule has 1 saturated heterocycles. The van der Waals surface area contributed by atoms with Gasteiger partial charge in [-0.05, 0) is 55.8 Å². The van der Waals surface area contributed by atoms with Crippen molar-refractivity contribution in [3.05, 3.63) is 0 Å². The van der Waals surface area contributed by atoms with Crippen LogP contribution in [0.1, 0.15) is 32.1 Å². The molecule has 5 aliphatic rings. The van der Waals surface area contributed by atoms with E-state index in [1.165, 1.54) is 38.0 Å². The fraction of sp³-hybridized carbons (Fsp3) is 1.00. The number of thioether (sulfide) groups is 1. The molecule has 0 aromatic rings. The van der Waals surface area contributed by atoms with Gasteiger partial charge in [-0.25, -0.2) is 0 Å². The van der Waals surface area contributed by atoms with Crippen molar-refractivity contribution in [2.75, 3.05) is 25.4 Å². The molecule has 1 unspecified atom stereocenters. The molecule has 1 atom stereocenters. The monoisotopic (exact) mass is 267 g/mol. The molecule has 4 bridgehead atoms. The summed E-state index contributed by atoms with van der Waals surface area (Å²) in [6, 6.07) is 0. The van der Waals surface area contributed by atoms with Gasteiger partial charge >= 0.3 is 0 Å². The number of hydrogen-bond donors (Lipinski definition) is 1. The van der Waals surface area contributed by atoms with E-state index in [2.05, 4.69) is 17.1 Å². The molecule has 4 aliphatic carbocycles. The normalized spacial score (nSPS) is 50.7. The van der Waals surface area contributed by atoms with Gasteiger partial charge < -0.3 is 10.1 Å². The molecular weight excluding hydrogens is 242 g/mol. The lowest BCUT2D eigenvalue weighted by molar-refractivity contribution is -0.125. The second kappa shape index (κ2) is 4.99. The molecule has 4 saturated carbocycles. The average Bonchev–Trinajstić information content (AvgIpc) is 2.38. The molecule has 2 nitrogen and oxygen atoms in total. The number of hydrogen-bond acceptors (Lipinski definition) is 3. The minimum Gasteiger partial charge on any atom is -0.376 e. The first-order valence-corrected chi connectivity index (χ1v) is 8.87. The highest BCUT2D eigenvalue weighted by Gasteiger charge is 2.48. The van der Waals surface area contributed by atoms with Crippen molar-refractivity contribution >= 4 is 11.8 Å². The van der Waals surface area contributed by atoms with E-state index in [-0.39, 0.29) is 0 Å². The Kier molecular flexibility index (Phi) is 3.34. The van der Waals surface area contributed by atoms with Gasteiger partial charge in [-0.2, -0.15) is 11.8 Å². The molecule has 1 heterocycles. The molecule has 0 aromatic carbocycles. The Morgan fingerprint density at radius 2 is 1.72 bits per heavy atom. The zero-order valence-corrected chi connectivity index (χ0v) is 12.0. The summed E-state index contributed by atoms with van der Waals surface area (Å²) in [4.78, 5) is 0. The zero-order chi connectivity index (χ0) is 11.9. The summed E-state index contributed by atoms with van der Waals surface area (Å²) in [6.07, 6.45) is 8.09. The van der Waals surface area contributed by atoms with Crippen molar-refractivity contribution < 1.29 is 4.74 Å². The molecule has 0 amide bonds. The van der Waals surface area contributed by atoms with Gasteiger partial charge in [0.1, 0.15) is 0 Å². The number of ether oxygens (including phenoxy) is 1. The Balaban J connectivity index is 1.34. The van der Waals surface area contributed by atoms with Crippen molar-refractivity contribution in [2.45, 2.75) is 43.5 Å². The van der Waals surface area contributed by atoms with E-state index in [9.17, 15) is 0 Å². The molecule has 5 rings (SSSR count). The smallest absolute Gasteiger partial charge is 0.0632 e. The van der Waals surface area contributed by atoms with Crippen molar-refractivity contribution in [3.8, 4) is 0 Å². The Morgan fingerprint density at radius 1 is 1.00 bits per heavy atom. The maximum Gasteiger partial charge on any atom is 0.0632 e. The van der Waals surface area contributed by atoms with Gasteiger partial charge in [0.05, 0.1) is 12.7 Å². The van der Waals surface area contributed by atoms with Crippen LogP contribution in [0, 0.1) is 23.7 Å². The third-order valence-corrected chi connectivity index (χ3v) is 6.83. The molecule has 0 radical (unpaired) electrons. The van der Waals surface area contributed by atoms with Crippen LogP contribution in [0.2, 0.25) is 0 Å². The predicted octanol–water partition coefficient (Wildman–Crippen LogP) is 2.53. The van der Waals surface area contributed by atoms with Crippen molar-refractivity contribution in [2.24, 2.45) is 23.7 Å². The molecule has 0 aromatic heterocycles. The largest absolute Gasteiger partial charge is 0.376 e. The van der Waals surface area contributed by atoms with Gasteiger partial charge in [0, 0.05) is 24.1 Å². The van der Waals surface area contributed by atoms with E-state index in [1.54, 1.807) is 6.42 Å². The average molecular weight is 267 g/mol. The molecule has 0 spiro atoms. The number of nitrogens with one attached hydrogen (secondary N) is 1. The summed E-state index contributed by atoms with van der Waals surface area (Å²) in [5.74, 6) is 5.23. The van der Waals surface area contributed by atoms with Gasteiger partial charge in [0.15, 0.2) is 0 Å². The fourth-order valence-electron chi connectivity index (χ4n) is 5.09. The Labute approximate surface area is 115 Å². The molecule has 18 heavy (non-hydrogen) atoms. The summed E-state index contributed by atoms with van der Waals surface area (Å²) < 4.78 is 6.40. The van der Waals surface area contributed by atoms with Crippen LogP contribution < -0.4 is 5.32 Å². The van der Waals surface area contributed by atoms with E-state index in [0.29, 0.717) is 11.4 Å². The Bertz CT molecular complexity index is 275. The van der Waals surface area contributed by atoms with Crippen molar-refractivity contribution in [1.29, 1.82) is 0 Å². The van der Waals surface area contributed by atoms with E-state index in [4.69, 9.17) is 4.74 Å². The van der Waals surface area contributed by atoms with Gasteiger partial charge in [0.25, 0.3) is 0 Å². The van der Waals surface area contributed by atoms with E-state index >= 15 is 0 Å². The van der Waals surface area contributed by atoms with Crippen LogP contribution in [0.15, 0.2) is 0 Å². The summed E-state index contributed by atoms with van der Waals surface area (Å²) in [6.45, 7) is 3.32. The van der Waals surface area contributed by atoms with Crippen LogP contribution >= 0.6 is 11.8 Å². The minimum absolute atomic E-state index is 0.625. The zero-order valence-electron chi connectivity index (χ0n) is 11.1. The van der Waals surface area contributed by atoms with Crippen molar-refractivity contribution in [1.82, 2.24) is 5.32 Å². The van der Waals surface area contributed by atoms with Crippen LogP contribution in [0.4, 0.5) is 0 Å². The lowest BCUT2D eigenvalue weighted by atomic mass is 9.55.